The number of nitrogens with zero attached hydrogens (tertiary/aromatic N) is 2. The van der Waals surface area contributed by atoms with Crippen molar-refractivity contribution in [2.45, 2.75) is 6.92 Å². The maximum Gasteiger partial charge on any atom is 0.260 e. The quantitative estimate of drug-likeness (QED) is 0.515. The monoisotopic (exact) mass is 471 g/mol. The van der Waals surface area contributed by atoms with Crippen molar-refractivity contribution in [2.24, 2.45) is 5.10 Å². The summed E-state index contributed by atoms with van der Waals surface area (Å²) in [5, 5.41) is 4.49. The summed E-state index contributed by atoms with van der Waals surface area (Å²) in [5.41, 5.74) is 3.69. The summed E-state index contributed by atoms with van der Waals surface area (Å²) in [6.07, 6.45) is 0.973. The molecule has 0 radical (unpaired) electrons. The summed E-state index contributed by atoms with van der Waals surface area (Å²) >= 11 is 12.0. The Hall–Kier alpha value is -2.49. The van der Waals surface area contributed by atoms with Gasteiger partial charge in [0.2, 0.25) is 10.0 Å². The summed E-state index contributed by atoms with van der Waals surface area (Å²) in [6.45, 7) is 2.13. The van der Waals surface area contributed by atoms with Gasteiger partial charge < -0.3 is 9.47 Å². The highest BCUT2D eigenvalue weighted by Gasteiger charge is 2.23. The van der Waals surface area contributed by atoms with Crippen LogP contribution >= 0.6 is 23.2 Å². The molecule has 30 heavy (non-hydrogen) atoms. The van der Waals surface area contributed by atoms with E-state index in [1.807, 2.05) is 0 Å². The van der Waals surface area contributed by atoms with E-state index in [4.69, 9.17) is 32.7 Å². The number of anilines is 1. The van der Waals surface area contributed by atoms with Crippen LogP contribution in [0.3, 0.4) is 0 Å². The summed E-state index contributed by atoms with van der Waals surface area (Å²) in [4.78, 5) is 12.4. The molecule has 11 heteroatoms. The number of rotatable bonds is 6. The maximum atomic E-state index is 12.4. The minimum absolute atomic E-state index is 0.106. The molecule has 0 saturated heterocycles. The van der Waals surface area contributed by atoms with Gasteiger partial charge in [-0.25, -0.2) is 13.8 Å². The normalized spacial score (nSPS) is 13.7. The molecule has 0 saturated carbocycles. The van der Waals surface area contributed by atoms with Gasteiger partial charge in [0, 0.05) is 10.6 Å². The number of nitrogens with one attached hydrogen (secondary N) is 1. The number of fused-ring (bicyclic) bond motifs is 1. The van der Waals surface area contributed by atoms with Gasteiger partial charge in [-0.1, -0.05) is 23.2 Å². The summed E-state index contributed by atoms with van der Waals surface area (Å²) in [6, 6.07) is 9.66. The third kappa shape index (κ3) is 5.35. The predicted octanol–water partition coefficient (Wildman–Crippen LogP) is 3.07. The van der Waals surface area contributed by atoms with Gasteiger partial charge in [0.1, 0.15) is 19.8 Å². The number of amides is 1. The van der Waals surface area contributed by atoms with Crippen LogP contribution in [0, 0.1) is 0 Å². The van der Waals surface area contributed by atoms with Crippen LogP contribution in [0.15, 0.2) is 41.5 Å². The van der Waals surface area contributed by atoms with E-state index in [0.29, 0.717) is 30.4 Å². The molecule has 0 atom stereocenters. The lowest BCUT2D eigenvalue weighted by Crippen LogP contribution is -2.39. The van der Waals surface area contributed by atoms with E-state index >= 15 is 0 Å². The maximum absolute atomic E-state index is 12.4. The van der Waals surface area contributed by atoms with Gasteiger partial charge in [-0.05, 0) is 43.3 Å². The molecule has 0 fully saturated rings. The lowest BCUT2D eigenvalue weighted by molar-refractivity contribution is -0.119. The van der Waals surface area contributed by atoms with Crippen LogP contribution in [0.4, 0.5) is 5.69 Å². The van der Waals surface area contributed by atoms with Crippen molar-refractivity contribution in [1.82, 2.24) is 5.43 Å². The second kappa shape index (κ2) is 9.11. The average Bonchev–Trinajstić information content (AvgIpc) is 2.71. The van der Waals surface area contributed by atoms with Gasteiger partial charge in [0.15, 0.2) is 11.5 Å². The number of hydrogen-bond donors (Lipinski definition) is 1. The number of benzene rings is 2. The largest absolute Gasteiger partial charge is 0.486 e. The van der Waals surface area contributed by atoms with Crippen molar-refractivity contribution in [3.05, 3.63) is 52.0 Å². The smallest absolute Gasteiger partial charge is 0.260 e. The van der Waals surface area contributed by atoms with Crippen molar-refractivity contribution in [2.75, 3.05) is 30.3 Å². The number of halogens is 2. The van der Waals surface area contributed by atoms with Crippen molar-refractivity contribution in [3.8, 4) is 11.5 Å². The van der Waals surface area contributed by atoms with E-state index in [9.17, 15) is 13.2 Å². The van der Waals surface area contributed by atoms with Crippen molar-refractivity contribution < 1.29 is 22.7 Å². The molecule has 3 rings (SSSR count). The molecule has 1 N–H and O–H groups in total. The first-order chi connectivity index (χ1) is 14.1. The summed E-state index contributed by atoms with van der Waals surface area (Å²) < 4.78 is 36.3. The number of carbonyl (C=O) groups is 1. The van der Waals surface area contributed by atoms with E-state index in [2.05, 4.69) is 10.5 Å². The molecule has 2 aromatic rings. The molecular formula is C19H19Cl2N3O5S. The van der Waals surface area contributed by atoms with Gasteiger partial charge >= 0.3 is 0 Å². The first kappa shape index (κ1) is 22.2. The fourth-order valence-corrected chi connectivity index (χ4v) is 4.00. The van der Waals surface area contributed by atoms with E-state index in [1.54, 1.807) is 25.1 Å². The number of hydrogen-bond acceptors (Lipinski definition) is 6. The second-order valence-electron chi connectivity index (χ2n) is 6.46. The Morgan fingerprint density at radius 2 is 1.83 bits per heavy atom. The lowest BCUT2D eigenvalue weighted by Gasteiger charge is -2.22. The fraction of sp³-hybridized carbons (Fsp3) is 0.263. The standard InChI is InChI=1S/C19H19Cl2N3O5S/c1-12(13-3-6-17-18(9-13)29-8-7-28-17)22-23-19(25)11-24(30(2,26)27)16-10-14(20)4-5-15(16)21/h3-6,9-10H,7-8,11H2,1-2H3,(H,23,25)/b22-12-. The molecule has 0 aliphatic carbocycles. The number of hydrazone groups is 1. The third-order valence-corrected chi connectivity index (χ3v) is 5.85. The van der Waals surface area contributed by atoms with Crippen LogP contribution in [0.2, 0.25) is 10.0 Å². The van der Waals surface area contributed by atoms with Gasteiger partial charge in [-0.3, -0.25) is 9.10 Å². The van der Waals surface area contributed by atoms with Gasteiger partial charge in [-0.15, -0.1) is 0 Å². The topological polar surface area (TPSA) is 97.3 Å². The van der Waals surface area contributed by atoms with Crippen molar-refractivity contribution in [3.63, 3.8) is 0 Å². The van der Waals surface area contributed by atoms with Crippen molar-refractivity contribution in [1.29, 1.82) is 0 Å². The zero-order valence-corrected chi connectivity index (χ0v) is 18.5. The molecule has 2 aromatic carbocycles. The molecule has 160 valence electrons. The minimum atomic E-state index is -3.80. The highest BCUT2D eigenvalue weighted by Crippen LogP contribution is 2.31. The average molecular weight is 472 g/mol. The molecule has 0 aromatic heterocycles. The SMILES string of the molecule is C/C(=N/NC(=O)CN(c1cc(Cl)ccc1Cl)S(C)(=O)=O)c1ccc2c(c1)OCCO2. The number of ether oxygens (including phenoxy) is 2. The van der Waals surface area contributed by atoms with Crippen LogP contribution in [0.1, 0.15) is 12.5 Å². The Morgan fingerprint density at radius 1 is 1.13 bits per heavy atom. The van der Waals surface area contributed by atoms with E-state index < -0.39 is 22.5 Å². The molecule has 1 heterocycles. The van der Waals surface area contributed by atoms with E-state index in [-0.39, 0.29) is 15.7 Å². The Labute approximate surface area is 184 Å². The molecule has 0 unspecified atom stereocenters. The van der Waals surface area contributed by atoms with Crippen LogP contribution in [-0.4, -0.2) is 46.1 Å². The van der Waals surface area contributed by atoms with Gasteiger partial charge in [0.25, 0.3) is 5.91 Å². The van der Waals surface area contributed by atoms with E-state index in [1.165, 1.54) is 18.2 Å². The first-order valence-corrected chi connectivity index (χ1v) is 11.4. The third-order valence-electron chi connectivity index (χ3n) is 4.17. The molecular weight excluding hydrogens is 453 g/mol. The molecule has 1 aliphatic heterocycles. The molecule has 1 aliphatic rings. The Kier molecular flexibility index (Phi) is 6.74. The zero-order valence-electron chi connectivity index (χ0n) is 16.2. The van der Waals surface area contributed by atoms with Crippen LogP contribution < -0.4 is 19.2 Å². The molecule has 0 bridgehead atoms. The van der Waals surface area contributed by atoms with Gasteiger partial charge in [0.05, 0.1) is 22.7 Å². The molecule has 0 spiro atoms. The predicted molar refractivity (Wildman–Crippen MR) is 116 cm³/mol. The lowest BCUT2D eigenvalue weighted by atomic mass is 10.1. The fourth-order valence-electron chi connectivity index (χ4n) is 2.70. The van der Waals surface area contributed by atoms with Crippen LogP contribution in [-0.2, 0) is 14.8 Å². The van der Waals surface area contributed by atoms with Crippen LogP contribution in [0.25, 0.3) is 0 Å². The highest BCUT2D eigenvalue weighted by atomic mass is 35.5. The Morgan fingerprint density at radius 3 is 2.53 bits per heavy atom. The molecule has 8 nitrogen and oxygen atoms in total. The first-order valence-electron chi connectivity index (χ1n) is 8.81. The number of sulfonamides is 1. The minimum Gasteiger partial charge on any atom is -0.486 e. The zero-order chi connectivity index (χ0) is 21.9. The number of carbonyl (C=O) groups excluding carboxylic acids is 1. The van der Waals surface area contributed by atoms with Gasteiger partial charge in [-0.2, -0.15) is 5.10 Å². The van der Waals surface area contributed by atoms with Crippen molar-refractivity contribution >= 4 is 50.5 Å². The highest BCUT2D eigenvalue weighted by molar-refractivity contribution is 7.92. The van der Waals surface area contributed by atoms with E-state index in [0.717, 1.165) is 16.1 Å². The van der Waals surface area contributed by atoms with Crippen LogP contribution in [0.5, 0.6) is 11.5 Å². The second-order valence-corrected chi connectivity index (χ2v) is 9.21. The summed E-state index contributed by atoms with van der Waals surface area (Å²) in [5.74, 6) is 0.593. The molecule has 1 amide bonds. The summed E-state index contributed by atoms with van der Waals surface area (Å²) in [7, 11) is -3.80. The Balaban J connectivity index is 1.75. The Bertz CT molecular complexity index is 1110.